The van der Waals surface area contributed by atoms with Crippen molar-refractivity contribution in [1.29, 1.82) is 0 Å². The molecule has 37 heavy (non-hydrogen) atoms. The molecule has 1 nitrogen and oxygen atoms in total. The summed E-state index contributed by atoms with van der Waals surface area (Å²) in [5.74, 6) is 3.13. The van der Waals surface area contributed by atoms with Gasteiger partial charge in [-0.1, -0.05) is 104 Å². The second-order valence-corrected chi connectivity index (χ2v) is 13.1. The third-order valence-electron chi connectivity index (χ3n) is 11.3. The van der Waals surface area contributed by atoms with Crippen molar-refractivity contribution in [3.05, 3.63) is 101 Å². The van der Waals surface area contributed by atoms with Crippen molar-refractivity contribution in [3.63, 3.8) is 0 Å². The second-order valence-electron chi connectivity index (χ2n) is 13.1. The van der Waals surface area contributed by atoms with Crippen LogP contribution in [0.1, 0.15) is 83.3 Å². The van der Waals surface area contributed by atoms with E-state index in [2.05, 4.69) is 99.7 Å². The summed E-state index contributed by atoms with van der Waals surface area (Å²) in [6, 6.07) is 21.7. The summed E-state index contributed by atoms with van der Waals surface area (Å²) in [6.45, 7) is 7.58. The Morgan fingerprint density at radius 2 is 1.49 bits per heavy atom. The van der Waals surface area contributed by atoms with E-state index in [9.17, 15) is 5.11 Å². The first-order valence-electron chi connectivity index (χ1n) is 14.8. The third kappa shape index (κ3) is 4.28. The van der Waals surface area contributed by atoms with Crippen molar-refractivity contribution in [2.24, 2.45) is 34.5 Å². The van der Waals surface area contributed by atoms with Gasteiger partial charge >= 0.3 is 0 Å². The number of aliphatic hydroxyl groups is 1. The first kappa shape index (κ1) is 24.9. The molecule has 2 aromatic rings. The van der Waals surface area contributed by atoms with Crippen LogP contribution in [-0.4, -0.2) is 11.2 Å². The summed E-state index contributed by atoms with van der Waals surface area (Å²) >= 11 is 0. The molecule has 194 valence electrons. The van der Waals surface area contributed by atoms with Crippen LogP contribution in [0.25, 0.3) is 5.57 Å². The first-order chi connectivity index (χ1) is 17.9. The van der Waals surface area contributed by atoms with Crippen molar-refractivity contribution in [2.75, 3.05) is 0 Å². The second kappa shape index (κ2) is 9.73. The van der Waals surface area contributed by atoms with E-state index in [1.54, 1.807) is 11.1 Å². The van der Waals surface area contributed by atoms with E-state index in [1.165, 1.54) is 55.2 Å². The van der Waals surface area contributed by atoms with Gasteiger partial charge in [-0.05, 0) is 109 Å². The number of allylic oxidation sites excluding steroid dienone is 4. The van der Waals surface area contributed by atoms with Gasteiger partial charge in [0, 0.05) is 0 Å². The number of hydrogen-bond acceptors (Lipinski definition) is 1. The largest absolute Gasteiger partial charge is 0.393 e. The van der Waals surface area contributed by atoms with Crippen LogP contribution in [0.3, 0.4) is 0 Å². The van der Waals surface area contributed by atoms with E-state index >= 15 is 0 Å². The van der Waals surface area contributed by atoms with Crippen LogP contribution >= 0.6 is 0 Å². The van der Waals surface area contributed by atoms with Gasteiger partial charge in [-0.25, -0.2) is 0 Å². The molecule has 3 saturated carbocycles. The summed E-state index contributed by atoms with van der Waals surface area (Å²) in [5.41, 5.74) is 7.75. The molecule has 0 aliphatic heterocycles. The quantitative estimate of drug-likeness (QED) is 0.333. The maximum absolute atomic E-state index is 10.3. The maximum Gasteiger partial charge on any atom is 0.0577 e. The fourth-order valence-corrected chi connectivity index (χ4v) is 9.32. The average Bonchev–Trinajstić information content (AvgIpc) is 3.28. The molecule has 0 spiro atoms. The van der Waals surface area contributed by atoms with Crippen molar-refractivity contribution < 1.29 is 5.11 Å². The highest BCUT2D eigenvalue weighted by Gasteiger charge is 2.58. The summed E-state index contributed by atoms with van der Waals surface area (Å²) in [7, 11) is 0. The highest BCUT2D eigenvalue weighted by atomic mass is 16.3. The maximum atomic E-state index is 10.3. The van der Waals surface area contributed by atoms with Gasteiger partial charge in [-0.3, -0.25) is 0 Å². The lowest BCUT2D eigenvalue weighted by molar-refractivity contribution is -0.0454. The molecular weight excluding hydrogens is 448 g/mol. The summed E-state index contributed by atoms with van der Waals surface area (Å²) in [5, 5.41) is 10.3. The molecule has 4 aliphatic rings. The van der Waals surface area contributed by atoms with Crippen LogP contribution in [0.5, 0.6) is 0 Å². The molecular formula is C36H44O. The van der Waals surface area contributed by atoms with Gasteiger partial charge in [0.15, 0.2) is 0 Å². The van der Waals surface area contributed by atoms with Gasteiger partial charge in [-0.2, -0.15) is 0 Å². The van der Waals surface area contributed by atoms with Crippen molar-refractivity contribution in [2.45, 2.75) is 78.2 Å². The van der Waals surface area contributed by atoms with E-state index in [-0.39, 0.29) is 6.10 Å². The average molecular weight is 493 g/mol. The Morgan fingerprint density at radius 1 is 0.811 bits per heavy atom. The van der Waals surface area contributed by atoms with Gasteiger partial charge in [0.05, 0.1) is 6.10 Å². The minimum absolute atomic E-state index is 0.113. The van der Waals surface area contributed by atoms with Crippen molar-refractivity contribution in [1.82, 2.24) is 0 Å². The summed E-state index contributed by atoms with van der Waals surface area (Å²) in [4.78, 5) is 0. The minimum atomic E-state index is -0.113. The van der Waals surface area contributed by atoms with E-state index in [4.69, 9.17) is 0 Å². The molecule has 0 unspecified atom stereocenters. The van der Waals surface area contributed by atoms with Crippen molar-refractivity contribution in [3.8, 4) is 0 Å². The Kier molecular flexibility index (Phi) is 6.56. The fourth-order valence-electron chi connectivity index (χ4n) is 9.32. The van der Waals surface area contributed by atoms with Gasteiger partial charge < -0.3 is 5.11 Å². The minimum Gasteiger partial charge on any atom is -0.393 e. The Bertz CT molecular complexity index is 1160. The molecule has 0 radical (unpaired) electrons. The Morgan fingerprint density at radius 3 is 2.16 bits per heavy atom. The zero-order valence-corrected chi connectivity index (χ0v) is 23.0. The Labute approximate surface area is 224 Å². The highest BCUT2D eigenvalue weighted by molar-refractivity contribution is 5.80. The molecule has 1 N–H and O–H groups in total. The lowest BCUT2D eigenvalue weighted by Crippen LogP contribution is -2.50. The lowest BCUT2D eigenvalue weighted by Gasteiger charge is -2.58. The first-order valence-corrected chi connectivity index (χ1v) is 14.8. The molecule has 1 heteroatoms. The fraction of sp³-hybridized carbons (Fsp3) is 0.500. The number of fused-ring (bicyclic) bond motifs is 5. The zero-order valence-electron chi connectivity index (χ0n) is 23.0. The van der Waals surface area contributed by atoms with Crippen LogP contribution in [0, 0.1) is 34.5 Å². The standard InChI is InChI=1S/C36H44O/c1-25(14-16-30(26-10-6-4-7-11-26)27-12-8-5-9-13-27)32-18-19-33-31-17-15-28-24-29(37)20-22-35(28,2)34(31)21-23-36(32,33)3/h4-16,29,31-34,37H,17-24H2,1-3H3/t29-,31-,32-,33-,34+,35-,36+/m0/s1. The molecule has 7 atom stereocenters. The molecule has 6 rings (SSSR count). The SMILES string of the molecule is CC(=CC=C(c1ccccc1)c1ccccc1)[C@@H]1CC[C@H]2[C@@H]3CC=C4C[C@@H](O)CC[C@]4(C)[C@@H]3CC[C@]12C. The smallest absolute Gasteiger partial charge is 0.0577 e. The molecule has 0 saturated heterocycles. The van der Waals surface area contributed by atoms with Gasteiger partial charge in [-0.15, -0.1) is 0 Å². The van der Waals surface area contributed by atoms with Crippen LogP contribution in [0.4, 0.5) is 0 Å². The van der Waals surface area contributed by atoms with Crippen molar-refractivity contribution >= 4 is 5.57 Å². The molecule has 0 heterocycles. The van der Waals surface area contributed by atoms with Crippen LogP contribution in [-0.2, 0) is 0 Å². The Balaban J connectivity index is 1.28. The van der Waals surface area contributed by atoms with E-state index in [1.807, 2.05) is 0 Å². The Hall–Kier alpha value is -2.38. The normalized spacial score (nSPS) is 37.1. The predicted octanol–water partition coefficient (Wildman–Crippen LogP) is 9.00. The van der Waals surface area contributed by atoms with Crippen LogP contribution < -0.4 is 0 Å². The number of rotatable bonds is 4. The van der Waals surface area contributed by atoms with Gasteiger partial charge in [0.2, 0.25) is 0 Å². The molecule has 0 amide bonds. The third-order valence-corrected chi connectivity index (χ3v) is 11.3. The highest BCUT2D eigenvalue weighted by Crippen LogP contribution is 2.67. The van der Waals surface area contributed by atoms with Gasteiger partial charge in [0.1, 0.15) is 0 Å². The monoisotopic (exact) mass is 492 g/mol. The zero-order chi connectivity index (χ0) is 25.6. The molecule has 0 aromatic heterocycles. The number of hydrogen-bond donors (Lipinski definition) is 1. The van der Waals surface area contributed by atoms with E-state index < -0.39 is 0 Å². The van der Waals surface area contributed by atoms with Crippen LogP contribution in [0.2, 0.25) is 0 Å². The lowest BCUT2D eigenvalue weighted by atomic mass is 9.47. The predicted molar refractivity (Wildman–Crippen MR) is 155 cm³/mol. The number of benzene rings is 2. The van der Waals surface area contributed by atoms with E-state index in [0.29, 0.717) is 16.7 Å². The molecule has 4 aliphatic carbocycles. The van der Waals surface area contributed by atoms with Crippen LogP contribution in [0.15, 0.2) is 90.0 Å². The van der Waals surface area contributed by atoms with Gasteiger partial charge in [0.25, 0.3) is 0 Å². The molecule has 3 fully saturated rings. The number of aliphatic hydroxyl groups excluding tert-OH is 1. The summed E-state index contributed by atoms with van der Waals surface area (Å²) < 4.78 is 0. The topological polar surface area (TPSA) is 20.2 Å². The summed E-state index contributed by atoms with van der Waals surface area (Å²) in [6.07, 6.45) is 17.0. The molecule has 2 aromatic carbocycles. The molecule has 0 bridgehead atoms. The van der Waals surface area contributed by atoms with E-state index in [0.717, 1.165) is 30.6 Å².